The number of aromatic nitrogens is 2. The first-order chi connectivity index (χ1) is 16.1. The molecule has 0 unspecified atom stereocenters. The fourth-order valence-electron chi connectivity index (χ4n) is 4.79. The number of para-hydroxylation sites is 2. The first-order valence-corrected chi connectivity index (χ1v) is 11.2. The van der Waals surface area contributed by atoms with Gasteiger partial charge in [-0.25, -0.2) is 9.37 Å². The highest BCUT2D eigenvalue weighted by atomic mass is 19.1. The molecule has 1 aromatic heterocycles. The lowest BCUT2D eigenvalue weighted by molar-refractivity contribution is 0.305. The van der Waals surface area contributed by atoms with Crippen molar-refractivity contribution in [1.29, 1.82) is 5.26 Å². The normalized spacial score (nSPS) is 16.4. The summed E-state index contributed by atoms with van der Waals surface area (Å²) in [4.78, 5) is 4.91. The van der Waals surface area contributed by atoms with Crippen LogP contribution in [0, 0.1) is 17.1 Å². The number of nitrogens with zero attached hydrogens (tertiary/aromatic N) is 3. The second-order valence-corrected chi connectivity index (χ2v) is 8.85. The highest BCUT2D eigenvalue weighted by Gasteiger charge is 2.30. The Bertz CT molecular complexity index is 1490. The molecule has 1 aliphatic heterocycles. The molecule has 162 valence electrons. The summed E-state index contributed by atoms with van der Waals surface area (Å²) < 4.78 is 22.2. The average Bonchev–Trinajstić information content (AvgIpc) is 3.63. The molecule has 0 bridgehead atoms. The first kappa shape index (κ1) is 19.8. The SMILES string of the molecule is C/C(C#N)=C1/c2ccc(Cn3c(C4CC4)nc4ccccc43)cc2COc2cc(F)ccc21. The van der Waals surface area contributed by atoms with Crippen molar-refractivity contribution in [2.24, 2.45) is 0 Å². The quantitative estimate of drug-likeness (QED) is 0.353. The summed E-state index contributed by atoms with van der Waals surface area (Å²) >= 11 is 0. The summed E-state index contributed by atoms with van der Waals surface area (Å²) in [6.07, 6.45) is 2.38. The Balaban J connectivity index is 1.45. The summed E-state index contributed by atoms with van der Waals surface area (Å²) in [5, 5.41) is 9.67. The minimum Gasteiger partial charge on any atom is -0.488 e. The third-order valence-corrected chi connectivity index (χ3v) is 6.55. The van der Waals surface area contributed by atoms with Crippen LogP contribution in [0.1, 0.15) is 53.8 Å². The number of fused-ring (bicyclic) bond motifs is 3. The maximum absolute atomic E-state index is 13.9. The predicted octanol–water partition coefficient (Wildman–Crippen LogP) is 6.34. The Hall–Kier alpha value is -3.91. The number of allylic oxidation sites excluding steroid dienone is 1. The second-order valence-electron chi connectivity index (χ2n) is 8.85. The number of rotatable bonds is 3. The van der Waals surface area contributed by atoms with Gasteiger partial charge in [-0.1, -0.05) is 24.3 Å². The Labute approximate surface area is 191 Å². The van der Waals surface area contributed by atoms with Crippen LogP contribution in [0.2, 0.25) is 0 Å². The molecule has 0 radical (unpaired) electrons. The van der Waals surface area contributed by atoms with E-state index >= 15 is 0 Å². The molecule has 1 fully saturated rings. The van der Waals surface area contributed by atoms with E-state index in [-0.39, 0.29) is 5.82 Å². The van der Waals surface area contributed by atoms with Gasteiger partial charge >= 0.3 is 0 Å². The number of hydrogen-bond acceptors (Lipinski definition) is 3. The van der Waals surface area contributed by atoms with Crippen molar-refractivity contribution in [3.63, 3.8) is 0 Å². The highest BCUT2D eigenvalue weighted by Crippen LogP contribution is 2.42. The van der Waals surface area contributed by atoms with Gasteiger partial charge in [0.2, 0.25) is 0 Å². The van der Waals surface area contributed by atoms with Crippen molar-refractivity contribution in [1.82, 2.24) is 9.55 Å². The van der Waals surface area contributed by atoms with Crippen LogP contribution in [0.3, 0.4) is 0 Å². The van der Waals surface area contributed by atoms with E-state index < -0.39 is 0 Å². The van der Waals surface area contributed by atoms with Gasteiger partial charge in [0.25, 0.3) is 0 Å². The van der Waals surface area contributed by atoms with E-state index in [1.165, 1.54) is 25.0 Å². The van der Waals surface area contributed by atoms with Gasteiger partial charge in [0.1, 0.15) is 24.0 Å². The molecule has 3 aromatic carbocycles. The van der Waals surface area contributed by atoms with Crippen LogP contribution in [0.4, 0.5) is 4.39 Å². The van der Waals surface area contributed by atoms with E-state index in [0.717, 1.165) is 51.2 Å². The molecule has 4 aromatic rings. The highest BCUT2D eigenvalue weighted by molar-refractivity contribution is 5.88. The molecule has 2 heterocycles. The Morgan fingerprint density at radius 2 is 1.94 bits per heavy atom. The lowest BCUT2D eigenvalue weighted by Gasteiger charge is -2.14. The molecule has 4 nitrogen and oxygen atoms in total. The number of ether oxygens (including phenoxy) is 1. The van der Waals surface area contributed by atoms with Gasteiger partial charge in [-0.15, -0.1) is 0 Å². The molecule has 0 spiro atoms. The second kappa shape index (κ2) is 7.60. The minimum atomic E-state index is -0.353. The largest absolute Gasteiger partial charge is 0.488 e. The van der Waals surface area contributed by atoms with Crippen LogP contribution in [-0.4, -0.2) is 9.55 Å². The van der Waals surface area contributed by atoms with Crippen molar-refractivity contribution >= 4 is 16.6 Å². The number of halogens is 1. The lowest BCUT2D eigenvalue weighted by atomic mass is 9.90. The molecule has 2 aliphatic rings. The Morgan fingerprint density at radius 1 is 1.12 bits per heavy atom. The molecular weight excluding hydrogens is 413 g/mol. The summed E-state index contributed by atoms with van der Waals surface area (Å²) in [5.41, 5.74) is 7.41. The van der Waals surface area contributed by atoms with Crippen LogP contribution in [0.25, 0.3) is 16.6 Å². The van der Waals surface area contributed by atoms with E-state index in [4.69, 9.17) is 9.72 Å². The van der Waals surface area contributed by atoms with E-state index in [0.29, 0.717) is 23.8 Å². The fourth-order valence-corrected chi connectivity index (χ4v) is 4.79. The maximum atomic E-state index is 13.9. The van der Waals surface area contributed by atoms with Crippen molar-refractivity contribution in [2.45, 2.75) is 38.8 Å². The monoisotopic (exact) mass is 435 g/mol. The molecule has 0 saturated heterocycles. The van der Waals surface area contributed by atoms with Crippen LogP contribution in [-0.2, 0) is 13.2 Å². The standard InChI is InChI=1S/C28H22FN3O/c1-17(14-30)27-22-10-6-18(12-20(22)16-33-26-13-21(29)9-11-23(26)27)15-32-25-5-3-2-4-24(25)31-28(32)19-7-8-19/h2-6,9-13,19H,7-8,15-16H2,1H3/b27-17+. The van der Waals surface area contributed by atoms with Crippen LogP contribution in [0.5, 0.6) is 5.75 Å². The summed E-state index contributed by atoms with van der Waals surface area (Å²) in [5.74, 6) is 1.81. The fraction of sp³-hybridized carbons (Fsp3) is 0.214. The molecule has 6 rings (SSSR count). The van der Waals surface area contributed by atoms with Gasteiger partial charge in [-0.05, 0) is 66.8 Å². The summed E-state index contributed by atoms with van der Waals surface area (Å²) in [6.45, 7) is 2.84. The third-order valence-electron chi connectivity index (χ3n) is 6.55. The van der Waals surface area contributed by atoms with Crippen LogP contribution < -0.4 is 4.74 Å². The van der Waals surface area contributed by atoms with Crippen LogP contribution >= 0.6 is 0 Å². The third kappa shape index (κ3) is 3.39. The van der Waals surface area contributed by atoms with E-state index in [9.17, 15) is 9.65 Å². The van der Waals surface area contributed by atoms with Gasteiger partial charge in [0.15, 0.2) is 0 Å². The summed E-state index contributed by atoms with van der Waals surface area (Å²) in [7, 11) is 0. The molecular formula is C28H22FN3O. The topological polar surface area (TPSA) is 50.8 Å². The summed E-state index contributed by atoms with van der Waals surface area (Å²) in [6, 6.07) is 21.4. The van der Waals surface area contributed by atoms with E-state index in [1.807, 2.05) is 6.07 Å². The lowest BCUT2D eigenvalue weighted by Crippen LogP contribution is -2.06. The molecule has 33 heavy (non-hydrogen) atoms. The molecule has 1 aliphatic carbocycles. The Kier molecular flexibility index (Phi) is 4.55. The molecule has 0 N–H and O–H groups in total. The van der Waals surface area contributed by atoms with Crippen molar-refractivity contribution in [3.8, 4) is 11.8 Å². The minimum absolute atomic E-state index is 0.321. The van der Waals surface area contributed by atoms with Crippen LogP contribution in [0.15, 0.2) is 66.2 Å². The zero-order valence-corrected chi connectivity index (χ0v) is 18.3. The number of imidazole rings is 1. The molecule has 0 amide bonds. The van der Waals surface area contributed by atoms with Crippen molar-refractivity contribution in [3.05, 3.63) is 100 Å². The van der Waals surface area contributed by atoms with Gasteiger partial charge < -0.3 is 9.30 Å². The van der Waals surface area contributed by atoms with Crippen molar-refractivity contribution < 1.29 is 9.13 Å². The maximum Gasteiger partial charge on any atom is 0.130 e. The number of nitriles is 1. The van der Waals surface area contributed by atoms with Gasteiger partial charge in [-0.3, -0.25) is 0 Å². The molecule has 0 atom stereocenters. The van der Waals surface area contributed by atoms with E-state index in [2.05, 4.69) is 47.0 Å². The van der Waals surface area contributed by atoms with E-state index in [1.54, 1.807) is 13.0 Å². The molecule has 5 heteroatoms. The number of hydrogen-bond donors (Lipinski definition) is 0. The van der Waals surface area contributed by atoms with Crippen molar-refractivity contribution in [2.75, 3.05) is 0 Å². The van der Waals surface area contributed by atoms with Gasteiger partial charge in [0.05, 0.1) is 17.1 Å². The first-order valence-electron chi connectivity index (χ1n) is 11.2. The predicted molar refractivity (Wildman–Crippen MR) is 125 cm³/mol. The Morgan fingerprint density at radius 3 is 2.76 bits per heavy atom. The van der Waals surface area contributed by atoms with Gasteiger partial charge in [0, 0.05) is 35.2 Å². The smallest absolute Gasteiger partial charge is 0.130 e. The zero-order chi connectivity index (χ0) is 22.5. The number of benzene rings is 3. The zero-order valence-electron chi connectivity index (χ0n) is 18.3. The van der Waals surface area contributed by atoms with Gasteiger partial charge in [-0.2, -0.15) is 5.26 Å². The average molecular weight is 436 g/mol. The molecule has 1 saturated carbocycles.